The van der Waals surface area contributed by atoms with Crippen LogP contribution in [0.25, 0.3) is 0 Å². The number of ether oxygens (including phenoxy) is 1. The van der Waals surface area contributed by atoms with Crippen molar-refractivity contribution in [1.29, 1.82) is 0 Å². The van der Waals surface area contributed by atoms with Crippen LogP contribution in [0.5, 0.6) is 5.75 Å². The molecule has 0 spiro atoms. The third kappa shape index (κ3) is 7.31. The maximum Gasteiger partial charge on any atom is 0.240 e. The van der Waals surface area contributed by atoms with Crippen molar-refractivity contribution in [1.82, 2.24) is 14.9 Å². The van der Waals surface area contributed by atoms with Crippen molar-refractivity contribution in [3.8, 4) is 5.75 Å². The fourth-order valence-electron chi connectivity index (χ4n) is 2.59. The van der Waals surface area contributed by atoms with Gasteiger partial charge in [-0.15, -0.1) is 0 Å². The summed E-state index contributed by atoms with van der Waals surface area (Å²) in [5.41, 5.74) is 0. The van der Waals surface area contributed by atoms with E-state index in [1.165, 1.54) is 12.1 Å². The molecule has 7 nitrogen and oxygen atoms in total. The number of hydrogen-bond donors (Lipinski definition) is 2. The second-order valence-electron chi connectivity index (χ2n) is 5.93. The van der Waals surface area contributed by atoms with Crippen LogP contribution in [-0.2, 0) is 14.8 Å². The first kappa shape index (κ1) is 22.4. The van der Waals surface area contributed by atoms with E-state index in [0.717, 1.165) is 13.1 Å². The number of carbonyl (C=O) groups excluding carboxylic acids is 1. The quantitative estimate of drug-likeness (QED) is 0.571. The van der Waals surface area contributed by atoms with E-state index in [1.54, 1.807) is 12.1 Å². The molecule has 0 bridgehead atoms. The molecule has 26 heavy (non-hydrogen) atoms. The Balaban J connectivity index is 2.42. The van der Waals surface area contributed by atoms with E-state index in [4.69, 9.17) is 4.74 Å². The molecule has 0 fully saturated rings. The summed E-state index contributed by atoms with van der Waals surface area (Å²) >= 11 is 0. The lowest BCUT2D eigenvalue weighted by Gasteiger charge is -2.26. The van der Waals surface area contributed by atoms with E-state index in [2.05, 4.69) is 35.7 Å². The minimum atomic E-state index is -3.63. The summed E-state index contributed by atoms with van der Waals surface area (Å²) in [6.07, 6.45) is 0.0984. The van der Waals surface area contributed by atoms with E-state index in [9.17, 15) is 13.2 Å². The van der Waals surface area contributed by atoms with Gasteiger partial charge in [-0.05, 0) is 51.2 Å². The second-order valence-corrected chi connectivity index (χ2v) is 7.69. The summed E-state index contributed by atoms with van der Waals surface area (Å²) in [6.45, 7) is 11.1. The smallest absolute Gasteiger partial charge is 0.240 e. The molecule has 0 aliphatic carbocycles. The molecule has 0 saturated carbocycles. The molecule has 0 aromatic heterocycles. The molecule has 8 heteroatoms. The van der Waals surface area contributed by atoms with E-state index in [-0.39, 0.29) is 29.8 Å². The van der Waals surface area contributed by atoms with Gasteiger partial charge in [0.2, 0.25) is 15.9 Å². The first-order valence-corrected chi connectivity index (χ1v) is 10.6. The molecule has 0 heterocycles. The van der Waals surface area contributed by atoms with E-state index < -0.39 is 10.0 Å². The van der Waals surface area contributed by atoms with Crippen LogP contribution in [0.4, 0.5) is 0 Å². The highest BCUT2D eigenvalue weighted by Gasteiger charge is 2.15. The van der Waals surface area contributed by atoms with Gasteiger partial charge in [0.25, 0.3) is 0 Å². The van der Waals surface area contributed by atoms with Crippen molar-refractivity contribution in [2.24, 2.45) is 0 Å². The van der Waals surface area contributed by atoms with Crippen LogP contribution >= 0.6 is 0 Å². The average Bonchev–Trinajstić information content (AvgIpc) is 2.61. The largest absolute Gasteiger partial charge is 0.494 e. The zero-order valence-corrected chi connectivity index (χ0v) is 16.9. The van der Waals surface area contributed by atoms with Crippen LogP contribution in [0, 0.1) is 0 Å². The van der Waals surface area contributed by atoms with Gasteiger partial charge in [-0.1, -0.05) is 13.8 Å². The van der Waals surface area contributed by atoms with Gasteiger partial charge < -0.3 is 10.1 Å². The van der Waals surface area contributed by atoms with Crippen LogP contribution in [-0.4, -0.2) is 58.1 Å². The summed E-state index contributed by atoms with van der Waals surface area (Å²) in [6, 6.07) is 6.44. The minimum absolute atomic E-state index is 0.0566. The predicted molar refractivity (Wildman–Crippen MR) is 103 cm³/mol. The number of carbonyl (C=O) groups is 1. The molecule has 1 amide bonds. The van der Waals surface area contributed by atoms with Gasteiger partial charge in [0.15, 0.2) is 0 Å². The van der Waals surface area contributed by atoms with Gasteiger partial charge >= 0.3 is 0 Å². The molecule has 1 atom stereocenters. The van der Waals surface area contributed by atoms with Crippen molar-refractivity contribution in [3.05, 3.63) is 24.3 Å². The molecule has 0 aliphatic heterocycles. The monoisotopic (exact) mass is 385 g/mol. The molecular formula is C18H31N3O4S. The van der Waals surface area contributed by atoms with Crippen LogP contribution in [0.2, 0.25) is 0 Å². The Hall–Kier alpha value is -1.64. The molecule has 148 valence electrons. The van der Waals surface area contributed by atoms with Crippen LogP contribution < -0.4 is 14.8 Å². The van der Waals surface area contributed by atoms with E-state index in [0.29, 0.717) is 18.9 Å². The highest BCUT2D eigenvalue weighted by atomic mass is 32.2. The van der Waals surface area contributed by atoms with Crippen molar-refractivity contribution in [2.75, 3.05) is 32.8 Å². The molecule has 1 aromatic carbocycles. The van der Waals surface area contributed by atoms with Crippen molar-refractivity contribution >= 4 is 15.9 Å². The first-order chi connectivity index (χ1) is 12.3. The Bertz CT molecular complexity index is 643. The number of benzene rings is 1. The maximum absolute atomic E-state index is 12.2. The van der Waals surface area contributed by atoms with Gasteiger partial charge in [0.1, 0.15) is 5.75 Å². The van der Waals surface area contributed by atoms with Gasteiger partial charge in [-0.2, -0.15) is 0 Å². The Morgan fingerprint density at radius 3 is 2.31 bits per heavy atom. The number of rotatable bonds is 12. The summed E-state index contributed by atoms with van der Waals surface area (Å²) in [5.74, 6) is 0.451. The third-order valence-corrected chi connectivity index (χ3v) is 5.60. The molecular weight excluding hydrogens is 354 g/mol. The number of nitrogens with one attached hydrogen (secondary N) is 2. The number of likely N-dealkylation sites (N-methyl/N-ethyl adjacent to an activating group) is 1. The Kier molecular flexibility index (Phi) is 9.61. The molecule has 0 saturated heterocycles. The molecule has 1 unspecified atom stereocenters. The lowest BCUT2D eigenvalue weighted by molar-refractivity contribution is -0.121. The van der Waals surface area contributed by atoms with Gasteiger partial charge in [-0.25, -0.2) is 13.1 Å². The first-order valence-electron chi connectivity index (χ1n) is 9.07. The van der Waals surface area contributed by atoms with Crippen LogP contribution in [0.15, 0.2) is 29.2 Å². The Morgan fingerprint density at radius 2 is 1.77 bits per heavy atom. The summed E-state index contributed by atoms with van der Waals surface area (Å²) < 4.78 is 32.2. The standard InChI is InChI=1S/C18H31N3O4S/c1-5-21(6-2)15(4)14-19-18(22)12-13-20-26(23,24)17-10-8-16(9-11-17)25-7-3/h8-11,15,20H,5-7,12-14H2,1-4H3,(H,19,22). The van der Waals surface area contributed by atoms with Crippen LogP contribution in [0.1, 0.15) is 34.1 Å². The topological polar surface area (TPSA) is 87.7 Å². The molecule has 0 aliphatic rings. The van der Waals surface area contributed by atoms with E-state index >= 15 is 0 Å². The van der Waals surface area contributed by atoms with Crippen molar-refractivity contribution < 1.29 is 17.9 Å². The number of hydrogen-bond acceptors (Lipinski definition) is 5. The fraction of sp³-hybridized carbons (Fsp3) is 0.611. The van der Waals surface area contributed by atoms with E-state index in [1.807, 2.05) is 6.92 Å². The zero-order chi connectivity index (χ0) is 19.6. The van der Waals surface area contributed by atoms with Crippen LogP contribution in [0.3, 0.4) is 0 Å². The fourth-order valence-corrected chi connectivity index (χ4v) is 3.62. The number of nitrogens with zero attached hydrogens (tertiary/aromatic N) is 1. The summed E-state index contributed by atoms with van der Waals surface area (Å²) in [4.78, 5) is 14.3. The Morgan fingerprint density at radius 1 is 1.15 bits per heavy atom. The van der Waals surface area contributed by atoms with Gasteiger partial charge in [0.05, 0.1) is 11.5 Å². The third-order valence-electron chi connectivity index (χ3n) is 4.12. The molecule has 1 rings (SSSR count). The summed E-state index contributed by atoms with van der Waals surface area (Å²) in [7, 11) is -3.63. The number of amides is 1. The minimum Gasteiger partial charge on any atom is -0.494 e. The highest BCUT2D eigenvalue weighted by Crippen LogP contribution is 2.15. The zero-order valence-electron chi connectivity index (χ0n) is 16.1. The van der Waals surface area contributed by atoms with Crippen molar-refractivity contribution in [2.45, 2.75) is 45.1 Å². The molecule has 2 N–H and O–H groups in total. The average molecular weight is 386 g/mol. The predicted octanol–water partition coefficient (Wildman–Crippen LogP) is 1.60. The Labute approximate surface area is 157 Å². The lowest BCUT2D eigenvalue weighted by atomic mass is 10.2. The highest BCUT2D eigenvalue weighted by molar-refractivity contribution is 7.89. The normalized spacial score (nSPS) is 12.8. The van der Waals surface area contributed by atoms with Gasteiger partial charge in [-0.3, -0.25) is 9.69 Å². The maximum atomic E-state index is 12.2. The summed E-state index contributed by atoms with van der Waals surface area (Å²) in [5, 5.41) is 2.85. The SMILES string of the molecule is CCOc1ccc(S(=O)(=O)NCCC(=O)NCC(C)N(CC)CC)cc1. The molecule has 0 radical (unpaired) electrons. The lowest BCUT2D eigenvalue weighted by Crippen LogP contribution is -2.42. The number of sulfonamides is 1. The molecule has 1 aromatic rings. The van der Waals surface area contributed by atoms with Crippen molar-refractivity contribution in [3.63, 3.8) is 0 Å². The van der Waals surface area contributed by atoms with Gasteiger partial charge in [0, 0.05) is 25.6 Å². The second kappa shape index (κ2) is 11.2.